The molecule has 0 rings (SSSR count). The number of ether oxygens (including phenoxy) is 1. The van der Waals surface area contributed by atoms with E-state index in [0.29, 0.717) is 10.8 Å². The number of halogens is 1. The predicted molar refractivity (Wildman–Crippen MR) is 62.1 cm³/mol. The molecule has 0 atom stereocenters. The molecule has 0 N–H and O–H groups in total. The molecule has 0 aliphatic rings. The molecule has 0 fully saturated rings. The lowest BCUT2D eigenvalue weighted by Crippen LogP contribution is -1.98. The summed E-state index contributed by atoms with van der Waals surface area (Å²) in [6.07, 6.45) is 0. The lowest BCUT2D eigenvalue weighted by molar-refractivity contribution is -0.136. The molecule has 0 unspecified atom stereocenters. The summed E-state index contributed by atoms with van der Waals surface area (Å²) < 4.78 is 4.93. The van der Waals surface area contributed by atoms with E-state index in [1.54, 1.807) is 0 Å². The predicted octanol–water partition coefficient (Wildman–Crippen LogP) is 3.38. The average Bonchev–Trinajstić information content (AvgIpc) is 2.10. The molecule has 15 heavy (non-hydrogen) atoms. The molecule has 3 heteroatoms. The van der Waals surface area contributed by atoms with Gasteiger partial charge in [0.1, 0.15) is 0 Å². The van der Waals surface area contributed by atoms with Gasteiger partial charge in [-0.1, -0.05) is 11.6 Å². The van der Waals surface area contributed by atoms with E-state index in [0.717, 1.165) is 11.1 Å². The van der Waals surface area contributed by atoms with Gasteiger partial charge in [-0.15, -0.1) is 0 Å². The Hall–Kier alpha value is -1.20. The first-order valence-corrected chi connectivity index (χ1v) is 4.93. The molecule has 0 aromatic heterocycles. The van der Waals surface area contributed by atoms with Gasteiger partial charge in [0.25, 0.3) is 0 Å². The Morgan fingerprint density at radius 2 is 1.53 bits per heavy atom. The number of rotatable bonds is 1. The first-order chi connectivity index (χ1) is 6.84. The minimum absolute atomic E-state index is 0.363. The van der Waals surface area contributed by atoms with Crippen molar-refractivity contribution in [2.75, 3.05) is 0 Å². The Morgan fingerprint density at radius 1 is 1.00 bits per heavy atom. The quantitative estimate of drug-likeness (QED) is 0.389. The molecule has 0 aromatic rings. The average molecular weight is 227 g/mol. The molecule has 0 aromatic carbocycles. The molecular weight excluding hydrogens is 212 g/mol. The van der Waals surface area contributed by atoms with Crippen LogP contribution < -0.4 is 0 Å². The number of hydrogen-bond donors (Lipinski definition) is 0. The van der Waals surface area contributed by atoms with Crippen LogP contribution in [0.3, 0.4) is 0 Å². The Kier molecular flexibility index (Phi) is 5.81. The van der Waals surface area contributed by atoms with Crippen molar-refractivity contribution in [1.29, 1.82) is 0 Å². The standard InChI is InChI=1S/C12H15ClO2/c1-8(2)11(13)6-7-12(9(3)4)15-10(5)14/h1-5H3. The topological polar surface area (TPSA) is 26.3 Å². The van der Waals surface area contributed by atoms with Crippen LogP contribution in [0.1, 0.15) is 34.6 Å². The normalized spacial score (nSPS) is 8.40. The van der Waals surface area contributed by atoms with E-state index in [-0.39, 0.29) is 5.97 Å². The summed E-state index contributed by atoms with van der Waals surface area (Å²) in [5.41, 5.74) is 1.77. The van der Waals surface area contributed by atoms with Crippen molar-refractivity contribution < 1.29 is 9.53 Å². The van der Waals surface area contributed by atoms with Crippen molar-refractivity contribution in [3.8, 4) is 11.8 Å². The molecule has 0 radical (unpaired) electrons. The smallest absolute Gasteiger partial charge is 0.308 e. The lowest BCUT2D eigenvalue weighted by atomic mass is 10.2. The number of carbonyl (C=O) groups excluding carboxylic acids is 1. The maximum absolute atomic E-state index is 10.8. The molecule has 0 heterocycles. The molecule has 0 saturated heterocycles. The fraction of sp³-hybridized carbons (Fsp3) is 0.417. The van der Waals surface area contributed by atoms with E-state index < -0.39 is 0 Å². The van der Waals surface area contributed by atoms with Crippen LogP contribution in [0.2, 0.25) is 0 Å². The maximum atomic E-state index is 10.8. The fourth-order valence-electron chi connectivity index (χ4n) is 0.633. The fourth-order valence-corrected chi connectivity index (χ4v) is 0.680. The third-order valence-corrected chi connectivity index (χ3v) is 1.90. The second-order valence-corrected chi connectivity index (χ2v) is 3.86. The highest BCUT2D eigenvalue weighted by atomic mass is 35.5. The number of carbonyl (C=O) groups is 1. The molecule has 0 aliphatic carbocycles. The van der Waals surface area contributed by atoms with E-state index in [1.165, 1.54) is 6.92 Å². The Morgan fingerprint density at radius 3 is 1.87 bits per heavy atom. The van der Waals surface area contributed by atoms with Crippen molar-refractivity contribution in [2.45, 2.75) is 34.6 Å². The SMILES string of the molecule is CC(=O)OC(C#CC(Cl)=C(C)C)=C(C)C. The van der Waals surface area contributed by atoms with Gasteiger partial charge in [0.15, 0.2) is 5.76 Å². The Balaban J connectivity index is 4.96. The van der Waals surface area contributed by atoms with Gasteiger partial charge >= 0.3 is 5.97 Å². The molecule has 0 aliphatic heterocycles. The summed E-state index contributed by atoms with van der Waals surface area (Å²) in [5, 5.41) is 0.473. The monoisotopic (exact) mass is 226 g/mol. The highest BCUT2D eigenvalue weighted by molar-refractivity contribution is 6.32. The second kappa shape index (κ2) is 6.31. The van der Waals surface area contributed by atoms with Crippen LogP contribution in [-0.4, -0.2) is 5.97 Å². The minimum atomic E-state index is -0.381. The Labute approximate surface area is 96.0 Å². The van der Waals surface area contributed by atoms with E-state index in [1.807, 2.05) is 27.7 Å². The summed E-state index contributed by atoms with van der Waals surface area (Å²) in [4.78, 5) is 10.8. The number of hydrogen-bond acceptors (Lipinski definition) is 2. The van der Waals surface area contributed by atoms with Crippen LogP contribution in [0.15, 0.2) is 21.9 Å². The van der Waals surface area contributed by atoms with Gasteiger partial charge in [-0.3, -0.25) is 4.79 Å². The maximum Gasteiger partial charge on any atom is 0.308 e. The minimum Gasteiger partial charge on any atom is -0.417 e. The lowest BCUT2D eigenvalue weighted by Gasteiger charge is -2.01. The van der Waals surface area contributed by atoms with Crippen LogP contribution in [0, 0.1) is 11.8 Å². The third-order valence-electron chi connectivity index (χ3n) is 1.42. The first-order valence-electron chi connectivity index (χ1n) is 4.55. The largest absolute Gasteiger partial charge is 0.417 e. The van der Waals surface area contributed by atoms with Crippen molar-refractivity contribution in [1.82, 2.24) is 0 Å². The summed E-state index contributed by atoms with van der Waals surface area (Å²) in [7, 11) is 0. The third kappa shape index (κ3) is 5.98. The van der Waals surface area contributed by atoms with Crippen LogP contribution >= 0.6 is 11.6 Å². The van der Waals surface area contributed by atoms with Crippen LogP contribution in [0.5, 0.6) is 0 Å². The van der Waals surface area contributed by atoms with E-state index in [4.69, 9.17) is 16.3 Å². The zero-order valence-electron chi connectivity index (χ0n) is 9.69. The van der Waals surface area contributed by atoms with Gasteiger partial charge in [0.05, 0.1) is 5.03 Å². The highest BCUT2D eigenvalue weighted by Crippen LogP contribution is 2.09. The van der Waals surface area contributed by atoms with Crippen LogP contribution in [0.4, 0.5) is 0 Å². The van der Waals surface area contributed by atoms with Gasteiger partial charge in [-0.05, 0) is 50.7 Å². The first kappa shape index (κ1) is 13.8. The number of allylic oxidation sites excluding steroid dienone is 4. The zero-order valence-corrected chi connectivity index (χ0v) is 10.5. The molecule has 0 amide bonds. The van der Waals surface area contributed by atoms with Gasteiger partial charge in [-0.25, -0.2) is 0 Å². The Bertz CT molecular complexity index is 370. The summed E-state index contributed by atoms with van der Waals surface area (Å²) in [5.74, 6) is 5.44. The highest BCUT2D eigenvalue weighted by Gasteiger charge is 2.00. The molecular formula is C12H15ClO2. The van der Waals surface area contributed by atoms with Gasteiger partial charge in [-0.2, -0.15) is 0 Å². The molecule has 0 saturated carbocycles. The zero-order chi connectivity index (χ0) is 12.0. The van der Waals surface area contributed by atoms with Gasteiger partial charge in [0.2, 0.25) is 0 Å². The van der Waals surface area contributed by atoms with Gasteiger partial charge < -0.3 is 4.74 Å². The van der Waals surface area contributed by atoms with Crippen molar-refractivity contribution in [3.63, 3.8) is 0 Å². The van der Waals surface area contributed by atoms with E-state index in [9.17, 15) is 4.79 Å². The summed E-state index contributed by atoms with van der Waals surface area (Å²) in [6, 6.07) is 0. The van der Waals surface area contributed by atoms with Crippen LogP contribution in [0.25, 0.3) is 0 Å². The van der Waals surface area contributed by atoms with Crippen molar-refractivity contribution in [2.24, 2.45) is 0 Å². The number of esters is 1. The molecule has 0 spiro atoms. The van der Waals surface area contributed by atoms with Gasteiger partial charge in [0, 0.05) is 6.92 Å². The van der Waals surface area contributed by atoms with Crippen LogP contribution in [-0.2, 0) is 9.53 Å². The summed E-state index contributed by atoms with van der Waals surface area (Å²) >= 11 is 5.84. The molecule has 82 valence electrons. The second-order valence-electron chi connectivity index (χ2n) is 3.49. The molecule has 0 bridgehead atoms. The van der Waals surface area contributed by atoms with Crippen molar-refractivity contribution in [3.05, 3.63) is 21.9 Å². The summed E-state index contributed by atoms with van der Waals surface area (Å²) in [6.45, 7) is 8.72. The van der Waals surface area contributed by atoms with E-state index >= 15 is 0 Å². The molecule has 2 nitrogen and oxygen atoms in total. The van der Waals surface area contributed by atoms with E-state index in [2.05, 4.69) is 11.8 Å². The van der Waals surface area contributed by atoms with Crippen molar-refractivity contribution >= 4 is 17.6 Å².